The summed E-state index contributed by atoms with van der Waals surface area (Å²) in [4.78, 5) is 25.5. The largest absolute Gasteiger partial charge is 0.393 e. The van der Waals surface area contributed by atoms with E-state index in [1.54, 1.807) is 6.20 Å². The molecule has 200 valence electrons. The lowest BCUT2D eigenvalue weighted by molar-refractivity contribution is -0.187. The first-order valence-corrected chi connectivity index (χ1v) is 12.4. The predicted molar refractivity (Wildman–Crippen MR) is 155 cm³/mol. The number of rotatable bonds is 6. The van der Waals surface area contributed by atoms with Crippen LogP contribution in [0.2, 0.25) is 0 Å². The molecule has 2 atom stereocenters. The van der Waals surface area contributed by atoms with Crippen molar-refractivity contribution >= 4 is 38.3 Å². The van der Waals surface area contributed by atoms with Gasteiger partial charge in [0, 0.05) is 29.9 Å². The number of aromatic amines is 1. The van der Waals surface area contributed by atoms with Crippen molar-refractivity contribution in [2.45, 2.75) is 97.2 Å². The Hall–Kier alpha value is -1.61. The molecule has 2 aromatic heterocycles. The summed E-state index contributed by atoms with van der Waals surface area (Å²) in [6.45, 7) is 12.6. The molecule has 2 aromatic rings. The summed E-state index contributed by atoms with van der Waals surface area (Å²) in [5.74, 6) is 0.551. The Morgan fingerprint density at radius 1 is 1.17 bits per heavy atom. The number of aliphatic hydroxyl groups is 1. The van der Waals surface area contributed by atoms with Gasteiger partial charge in [-0.1, -0.05) is 26.0 Å². The van der Waals surface area contributed by atoms with Gasteiger partial charge < -0.3 is 14.8 Å². The van der Waals surface area contributed by atoms with E-state index in [0.717, 1.165) is 54.7 Å². The van der Waals surface area contributed by atoms with Crippen LogP contribution in [-0.2, 0) is 11.2 Å². The van der Waals surface area contributed by atoms with Gasteiger partial charge in [-0.25, -0.2) is 4.98 Å². The number of carbonyl (C=O) groups excluding carboxylic acids is 1. The molecule has 8 heteroatoms. The number of allylic oxidation sites excluding steroid dienone is 2. The minimum absolute atomic E-state index is 0. The number of H-pyrrole nitrogens is 1. The van der Waals surface area contributed by atoms with E-state index in [1.165, 1.54) is 5.57 Å². The van der Waals surface area contributed by atoms with Gasteiger partial charge in [0.2, 0.25) is 5.78 Å². The monoisotopic (exact) mass is 533 g/mol. The van der Waals surface area contributed by atoms with Crippen molar-refractivity contribution in [1.82, 2.24) is 15.0 Å². The first-order valence-electron chi connectivity index (χ1n) is 12.4. The molecule has 1 aliphatic heterocycles. The molecule has 0 unspecified atom stereocenters. The third-order valence-corrected chi connectivity index (χ3v) is 7.29. The van der Waals surface area contributed by atoms with E-state index in [-0.39, 0.29) is 62.7 Å². The van der Waals surface area contributed by atoms with Gasteiger partial charge in [0.25, 0.3) is 0 Å². The molecule has 0 aromatic carbocycles. The minimum atomic E-state index is -0.589. The lowest BCUT2D eigenvalue weighted by Gasteiger charge is -2.46. The third kappa shape index (κ3) is 7.03. The maximum atomic E-state index is 13.0. The Bertz CT molecular complexity index is 1110. The molecule has 2 N–H and O–H groups in total. The summed E-state index contributed by atoms with van der Waals surface area (Å²) in [7, 11) is 0. The van der Waals surface area contributed by atoms with Crippen LogP contribution < -0.4 is 0 Å². The molecule has 6 nitrogen and oxygen atoms in total. The Morgan fingerprint density at radius 2 is 1.89 bits per heavy atom. The van der Waals surface area contributed by atoms with E-state index in [1.807, 2.05) is 13.8 Å². The zero-order valence-electron chi connectivity index (χ0n) is 22.5. The summed E-state index contributed by atoms with van der Waals surface area (Å²) in [6.07, 6.45) is 8.88. The third-order valence-electron chi connectivity index (χ3n) is 7.29. The molecule has 3 heterocycles. The van der Waals surface area contributed by atoms with Crippen molar-refractivity contribution in [3.63, 3.8) is 0 Å². The van der Waals surface area contributed by atoms with Gasteiger partial charge in [-0.2, -0.15) is 27.0 Å². The van der Waals surface area contributed by atoms with Gasteiger partial charge >= 0.3 is 0 Å². The fourth-order valence-corrected chi connectivity index (χ4v) is 5.50. The number of nitrogens with one attached hydrogen (secondary N) is 1. The molecule has 36 heavy (non-hydrogen) atoms. The van der Waals surface area contributed by atoms with Crippen molar-refractivity contribution in [3.05, 3.63) is 52.9 Å². The van der Waals surface area contributed by atoms with Gasteiger partial charge in [-0.3, -0.25) is 9.78 Å². The number of hydrogen-bond acceptors (Lipinski definition) is 5. The molecule has 1 aliphatic carbocycles. The van der Waals surface area contributed by atoms with Gasteiger partial charge in [-0.15, -0.1) is 0 Å². The summed E-state index contributed by atoms with van der Waals surface area (Å²) >= 11 is 0. The van der Waals surface area contributed by atoms with Crippen molar-refractivity contribution in [2.24, 2.45) is 5.41 Å². The van der Waals surface area contributed by atoms with Crippen LogP contribution in [0.15, 0.2) is 24.4 Å². The summed E-state index contributed by atoms with van der Waals surface area (Å²) in [6, 6.07) is 4.14. The van der Waals surface area contributed by atoms with E-state index in [4.69, 9.17) is 9.72 Å². The van der Waals surface area contributed by atoms with Crippen molar-refractivity contribution in [2.75, 3.05) is 6.61 Å². The molecular formula is C28H43N3O3S2. The Kier molecular flexibility index (Phi) is 9.71. The molecule has 0 radical (unpaired) electrons. The number of aromatic nitrogens is 3. The van der Waals surface area contributed by atoms with Gasteiger partial charge in [0.15, 0.2) is 5.82 Å². The summed E-state index contributed by atoms with van der Waals surface area (Å²) < 4.78 is 6.21. The van der Waals surface area contributed by atoms with E-state index in [0.29, 0.717) is 5.82 Å². The van der Waals surface area contributed by atoms with Crippen LogP contribution in [0.25, 0.3) is 5.57 Å². The van der Waals surface area contributed by atoms with Crippen LogP contribution >= 0.6 is 27.0 Å². The minimum Gasteiger partial charge on any atom is -0.393 e. The van der Waals surface area contributed by atoms with Crippen molar-refractivity contribution < 1.29 is 14.6 Å². The highest BCUT2D eigenvalue weighted by Gasteiger charge is 2.43. The highest BCUT2D eigenvalue weighted by atomic mass is 32.1. The Morgan fingerprint density at radius 3 is 2.47 bits per heavy atom. The lowest BCUT2D eigenvalue weighted by Crippen LogP contribution is -2.48. The number of aryl methyl sites for hydroxylation is 1. The number of aliphatic hydroxyl groups excluding tert-OH is 1. The molecule has 1 saturated heterocycles. The fraction of sp³-hybridized carbons (Fsp3) is 0.607. The second kappa shape index (κ2) is 11.4. The zero-order chi connectivity index (χ0) is 24.7. The van der Waals surface area contributed by atoms with Crippen LogP contribution in [0.1, 0.15) is 106 Å². The Labute approximate surface area is 229 Å². The normalized spacial score (nSPS) is 24.8. The first-order chi connectivity index (χ1) is 15.9. The van der Waals surface area contributed by atoms with Crippen LogP contribution in [0.3, 0.4) is 0 Å². The second-order valence-corrected chi connectivity index (χ2v) is 11.9. The van der Waals surface area contributed by atoms with Crippen LogP contribution in [-0.4, -0.2) is 43.7 Å². The molecule has 4 rings (SSSR count). The predicted octanol–water partition coefficient (Wildman–Crippen LogP) is 5.78. The number of imidazole rings is 1. The molecule has 2 aliphatic rings. The maximum Gasteiger partial charge on any atom is 0.202 e. The number of ether oxygens (including phenoxy) is 1. The number of hydrogen-bond donors (Lipinski definition) is 2. The fourth-order valence-electron chi connectivity index (χ4n) is 5.50. The zero-order valence-corrected chi connectivity index (χ0v) is 24.5. The topological polar surface area (TPSA) is 88.1 Å². The average molecular weight is 534 g/mol. The average Bonchev–Trinajstić information content (AvgIpc) is 3.19. The van der Waals surface area contributed by atoms with Crippen molar-refractivity contribution in [3.8, 4) is 0 Å². The molecular weight excluding hydrogens is 490 g/mol. The maximum absolute atomic E-state index is 13.0. The SMILES string of the molecule is Cc1cnc(C(=O)Cc2ccc([C@H]3CC(C)(C)O[C@](C)(CO)C3)nc2C2=CCC(C)(C)CC2)[nH]1.S.S. The smallest absolute Gasteiger partial charge is 0.202 e. The summed E-state index contributed by atoms with van der Waals surface area (Å²) in [5, 5.41) is 10.0. The highest BCUT2D eigenvalue weighted by molar-refractivity contribution is 7.59. The molecule has 1 fully saturated rings. The number of pyridine rings is 1. The van der Waals surface area contributed by atoms with Crippen LogP contribution in [0.5, 0.6) is 0 Å². The molecule has 0 amide bonds. The van der Waals surface area contributed by atoms with Gasteiger partial charge in [0.05, 0.1) is 23.5 Å². The number of carbonyl (C=O) groups is 1. The van der Waals surface area contributed by atoms with Crippen LogP contribution in [0, 0.1) is 12.3 Å². The second-order valence-electron chi connectivity index (χ2n) is 11.9. The Balaban J connectivity index is 0.00000228. The van der Waals surface area contributed by atoms with Gasteiger partial charge in [-0.05, 0) is 82.4 Å². The standard InChI is InChI=1S/C28H39N3O3.2H2S/c1-18-16-29-25(30-18)23(33)13-20-7-8-22(21-14-27(4,5)34-28(6,15-21)17-32)31-24(20)19-9-11-26(2,3)12-10-19;;/h7-9,16,21,32H,10-15,17H2,1-6H3,(H,29,30);2*1H2/t21-,28-;;/m0../s1. The molecule has 0 bridgehead atoms. The number of Topliss-reactive ketones (excluding diaryl/α,β-unsaturated/α-hetero) is 1. The number of nitrogens with zero attached hydrogens (tertiary/aromatic N) is 2. The van der Waals surface area contributed by atoms with E-state index < -0.39 is 5.60 Å². The van der Waals surface area contributed by atoms with Gasteiger partial charge in [0.1, 0.15) is 0 Å². The quantitative estimate of drug-likeness (QED) is 0.460. The van der Waals surface area contributed by atoms with E-state index in [2.05, 4.69) is 55.9 Å². The molecule has 0 spiro atoms. The highest BCUT2D eigenvalue weighted by Crippen LogP contribution is 2.44. The lowest BCUT2D eigenvalue weighted by atomic mass is 9.76. The summed E-state index contributed by atoms with van der Waals surface area (Å²) in [5.41, 5.74) is 4.37. The van der Waals surface area contributed by atoms with E-state index >= 15 is 0 Å². The van der Waals surface area contributed by atoms with Crippen LogP contribution in [0.4, 0.5) is 0 Å². The number of ketones is 1. The first kappa shape index (κ1) is 30.6. The molecule has 0 saturated carbocycles. The van der Waals surface area contributed by atoms with Crippen molar-refractivity contribution in [1.29, 1.82) is 0 Å². The van der Waals surface area contributed by atoms with E-state index in [9.17, 15) is 9.90 Å².